The van der Waals surface area contributed by atoms with Crippen LogP contribution in [0.1, 0.15) is 6.42 Å². The van der Waals surface area contributed by atoms with Crippen molar-refractivity contribution in [1.82, 2.24) is 0 Å². The van der Waals surface area contributed by atoms with Crippen molar-refractivity contribution < 1.29 is 27.1 Å². The van der Waals surface area contributed by atoms with Gasteiger partial charge in [-0.2, -0.15) is 13.2 Å². The predicted octanol–water partition coefficient (Wildman–Crippen LogP) is 3.25. The standard InChI is InChI=1S/C12H11F4NO2/c1-19-11(18)7-6-10(12(14,15)16)17-9-4-2-8(13)3-5-9/h2-6,17H,7H2,1H3/b10-6+. The second-order valence-electron chi connectivity index (χ2n) is 3.53. The summed E-state index contributed by atoms with van der Waals surface area (Å²) in [5, 5.41) is 2.09. The fourth-order valence-corrected chi connectivity index (χ4v) is 1.20. The van der Waals surface area contributed by atoms with E-state index in [4.69, 9.17) is 0 Å². The molecule has 0 bridgehead atoms. The van der Waals surface area contributed by atoms with Gasteiger partial charge in [-0.25, -0.2) is 4.39 Å². The Balaban J connectivity index is 2.86. The van der Waals surface area contributed by atoms with E-state index in [2.05, 4.69) is 10.1 Å². The molecule has 0 aromatic heterocycles. The average molecular weight is 277 g/mol. The van der Waals surface area contributed by atoms with E-state index >= 15 is 0 Å². The van der Waals surface area contributed by atoms with Crippen molar-refractivity contribution in [1.29, 1.82) is 0 Å². The van der Waals surface area contributed by atoms with Crippen molar-refractivity contribution in [2.24, 2.45) is 0 Å². The van der Waals surface area contributed by atoms with Crippen molar-refractivity contribution in [3.8, 4) is 0 Å². The lowest BCUT2D eigenvalue weighted by Gasteiger charge is -2.14. The van der Waals surface area contributed by atoms with Crippen LogP contribution in [0.3, 0.4) is 0 Å². The van der Waals surface area contributed by atoms with Crippen molar-refractivity contribution in [3.05, 3.63) is 41.9 Å². The zero-order valence-corrected chi connectivity index (χ0v) is 9.92. The van der Waals surface area contributed by atoms with Crippen LogP contribution in [0.25, 0.3) is 0 Å². The summed E-state index contributed by atoms with van der Waals surface area (Å²) in [5.41, 5.74) is -1.04. The number of nitrogens with one attached hydrogen (secondary N) is 1. The number of hydrogen-bond donors (Lipinski definition) is 1. The monoisotopic (exact) mass is 277 g/mol. The Kier molecular flexibility index (Phi) is 4.91. The van der Waals surface area contributed by atoms with Gasteiger partial charge in [-0.1, -0.05) is 0 Å². The number of ether oxygens (including phenoxy) is 1. The van der Waals surface area contributed by atoms with E-state index in [1.807, 2.05) is 0 Å². The Morgan fingerprint density at radius 1 is 1.32 bits per heavy atom. The van der Waals surface area contributed by atoms with Crippen LogP contribution in [-0.4, -0.2) is 19.3 Å². The third kappa shape index (κ3) is 4.99. The molecule has 0 spiro atoms. The number of carbonyl (C=O) groups is 1. The van der Waals surface area contributed by atoms with E-state index in [0.717, 1.165) is 31.4 Å². The van der Waals surface area contributed by atoms with Gasteiger partial charge in [-0.3, -0.25) is 4.79 Å². The first-order valence-corrected chi connectivity index (χ1v) is 5.19. The number of methoxy groups -OCH3 is 1. The predicted molar refractivity (Wildman–Crippen MR) is 60.8 cm³/mol. The van der Waals surface area contributed by atoms with Gasteiger partial charge in [0.25, 0.3) is 0 Å². The Bertz CT molecular complexity index is 466. The molecule has 104 valence electrons. The van der Waals surface area contributed by atoms with Gasteiger partial charge in [0.1, 0.15) is 11.5 Å². The smallest absolute Gasteiger partial charge is 0.430 e. The maximum absolute atomic E-state index is 12.7. The zero-order valence-electron chi connectivity index (χ0n) is 9.92. The minimum Gasteiger partial charge on any atom is -0.469 e. The number of anilines is 1. The molecule has 0 aliphatic rings. The summed E-state index contributed by atoms with van der Waals surface area (Å²) in [6.45, 7) is 0. The van der Waals surface area contributed by atoms with Gasteiger partial charge in [0, 0.05) is 5.69 Å². The molecule has 1 rings (SSSR count). The lowest BCUT2D eigenvalue weighted by Crippen LogP contribution is -2.19. The SMILES string of the molecule is COC(=O)C/C=C(/Nc1ccc(F)cc1)C(F)(F)F. The normalized spacial score (nSPS) is 12.2. The molecule has 0 amide bonds. The van der Waals surface area contributed by atoms with Gasteiger partial charge in [0.2, 0.25) is 0 Å². The van der Waals surface area contributed by atoms with Gasteiger partial charge in [0.15, 0.2) is 0 Å². The quantitative estimate of drug-likeness (QED) is 0.678. The van der Waals surface area contributed by atoms with Gasteiger partial charge in [-0.05, 0) is 30.3 Å². The Labute approximate surface area is 106 Å². The van der Waals surface area contributed by atoms with E-state index in [9.17, 15) is 22.4 Å². The van der Waals surface area contributed by atoms with Crippen LogP contribution < -0.4 is 5.32 Å². The second kappa shape index (κ2) is 6.21. The topological polar surface area (TPSA) is 38.3 Å². The first-order valence-electron chi connectivity index (χ1n) is 5.19. The lowest BCUT2D eigenvalue weighted by atomic mass is 10.2. The van der Waals surface area contributed by atoms with Crippen LogP contribution in [0.15, 0.2) is 36.0 Å². The number of hydrogen-bond acceptors (Lipinski definition) is 3. The fourth-order valence-electron chi connectivity index (χ4n) is 1.20. The molecular weight excluding hydrogens is 266 g/mol. The van der Waals surface area contributed by atoms with Gasteiger partial charge < -0.3 is 10.1 Å². The van der Waals surface area contributed by atoms with Crippen molar-refractivity contribution >= 4 is 11.7 Å². The molecule has 0 radical (unpaired) electrons. The molecule has 1 aromatic carbocycles. The fraction of sp³-hybridized carbons (Fsp3) is 0.250. The molecule has 0 unspecified atom stereocenters. The Morgan fingerprint density at radius 2 is 1.89 bits per heavy atom. The van der Waals surface area contributed by atoms with Gasteiger partial charge >= 0.3 is 12.1 Å². The summed E-state index contributed by atoms with van der Waals surface area (Å²) in [6.07, 6.45) is -4.49. The molecular formula is C12H11F4NO2. The van der Waals surface area contributed by atoms with Crippen molar-refractivity contribution in [3.63, 3.8) is 0 Å². The summed E-state index contributed by atoms with van der Waals surface area (Å²) >= 11 is 0. The summed E-state index contributed by atoms with van der Waals surface area (Å²) in [4.78, 5) is 10.8. The Morgan fingerprint density at radius 3 is 2.37 bits per heavy atom. The third-order valence-corrected chi connectivity index (χ3v) is 2.13. The minimum atomic E-state index is -4.65. The number of alkyl halides is 3. The summed E-state index contributed by atoms with van der Waals surface area (Å²) in [5.74, 6) is -1.35. The van der Waals surface area contributed by atoms with E-state index in [1.165, 1.54) is 0 Å². The van der Waals surface area contributed by atoms with Gasteiger partial charge in [-0.15, -0.1) is 0 Å². The molecule has 0 aliphatic heterocycles. The highest BCUT2D eigenvalue weighted by Gasteiger charge is 2.33. The highest BCUT2D eigenvalue weighted by molar-refractivity contribution is 5.71. The number of allylic oxidation sites excluding steroid dienone is 1. The number of carbonyl (C=O) groups excluding carboxylic acids is 1. The second-order valence-corrected chi connectivity index (χ2v) is 3.53. The maximum atomic E-state index is 12.7. The molecule has 7 heteroatoms. The maximum Gasteiger partial charge on any atom is 0.430 e. The number of rotatable bonds is 4. The molecule has 0 atom stereocenters. The first-order chi connectivity index (χ1) is 8.82. The third-order valence-electron chi connectivity index (χ3n) is 2.13. The van der Waals surface area contributed by atoms with Crippen molar-refractivity contribution in [2.75, 3.05) is 12.4 Å². The minimum absolute atomic E-state index is 0.0647. The van der Waals surface area contributed by atoms with Crippen LogP contribution in [0.4, 0.5) is 23.2 Å². The molecule has 3 nitrogen and oxygen atoms in total. The van der Waals surface area contributed by atoms with E-state index in [0.29, 0.717) is 6.08 Å². The highest BCUT2D eigenvalue weighted by atomic mass is 19.4. The largest absolute Gasteiger partial charge is 0.469 e. The summed E-state index contributed by atoms with van der Waals surface area (Å²) in [6, 6.07) is 4.37. The molecule has 0 saturated heterocycles. The zero-order chi connectivity index (χ0) is 14.5. The van der Waals surface area contributed by atoms with Crippen molar-refractivity contribution in [2.45, 2.75) is 12.6 Å². The van der Waals surface area contributed by atoms with Crippen LogP contribution in [-0.2, 0) is 9.53 Å². The number of esters is 1. The summed E-state index contributed by atoms with van der Waals surface area (Å²) < 4.78 is 54.9. The number of benzene rings is 1. The van der Waals surface area contributed by atoms with Crippen LogP contribution in [0, 0.1) is 5.82 Å². The molecule has 1 aromatic rings. The molecule has 0 saturated carbocycles. The van der Waals surface area contributed by atoms with Crippen LogP contribution >= 0.6 is 0 Å². The number of halogens is 4. The lowest BCUT2D eigenvalue weighted by molar-refractivity contribution is -0.139. The molecule has 0 fully saturated rings. The Hall–Kier alpha value is -2.05. The molecule has 19 heavy (non-hydrogen) atoms. The highest BCUT2D eigenvalue weighted by Crippen LogP contribution is 2.27. The first kappa shape index (κ1) is 15.0. The average Bonchev–Trinajstić information content (AvgIpc) is 2.34. The van der Waals surface area contributed by atoms with E-state index in [-0.39, 0.29) is 5.69 Å². The molecule has 0 aliphatic carbocycles. The van der Waals surface area contributed by atoms with E-state index in [1.54, 1.807) is 0 Å². The molecule has 1 N–H and O–H groups in total. The van der Waals surface area contributed by atoms with Crippen LogP contribution in [0.2, 0.25) is 0 Å². The molecule has 0 heterocycles. The van der Waals surface area contributed by atoms with Gasteiger partial charge in [0.05, 0.1) is 13.5 Å². The van der Waals surface area contributed by atoms with E-state index < -0.39 is 30.1 Å². The van der Waals surface area contributed by atoms with Crippen LogP contribution in [0.5, 0.6) is 0 Å². The summed E-state index contributed by atoms with van der Waals surface area (Å²) in [7, 11) is 1.08.